The van der Waals surface area contributed by atoms with E-state index >= 15 is 0 Å². The Balaban J connectivity index is 2.03. The maximum Gasteiger partial charge on any atom is 0.0374 e. The van der Waals surface area contributed by atoms with Crippen molar-refractivity contribution in [1.82, 2.24) is 15.1 Å². The minimum Gasteiger partial charge on any atom is -0.316 e. The van der Waals surface area contributed by atoms with Crippen LogP contribution in [0.4, 0.5) is 0 Å². The molecule has 1 N–H and O–H groups in total. The first kappa shape index (κ1) is 9.44. The molecule has 3 heteroatoms. The van der Waals surface area contributed by atoms with Crippen LogP contribution >= 0.6 is 0 Å². The van der Waals surface area contributed by atoms with Gasteiger partial charge in [-0.2, -0.15) is 0 Å². The first-order chi connectivity index (χ1) is 6.31. The molecular formula is C10H21N3. The average Bonchev–Trinajstić information content (AvgIpc) is 2.50. The normalized spacial score (nSPS) is 41.5. The van der Waals surface area contributed by atoms with Crippen LogP contribution in [-0.2, 0) is 0 Å². The van der Waals surface area contributed by atoms with Crippen molar-refractivity contribution in [2.45, 2.75) is 25.4 Å². The van der Waals surface area contributed by atoms with Gasteiger partial charge in [-0.15, -0.1) is 0 Å². The lowest BCUT2D eigenvalue weighted by atomic mass is 10.1. The third kappa shape index (κ3) is 1.87. The van der Waals surface area contributed by atoms with Crippen molar-refractivity contribution in [3.8, 4) is 0 Å². The topological polar surface area (TPSA) is 18.5 Å². The van der Waals surface area contributed by atoms with Crippen LogP contribution < -0.4 is 5.32 Å². The molecule has 3 nitrogen and oxygen atoms in total. The highest BCUT2D eigenvalue weighted by Gasteiger charge is 2.32. The molecule has 2 bridgehead atoms. The molecule has 13 heavy (non-hydrogen) atoms. The Morgan fingerprint density at radius 2 is 2.08 bits per heavy atom. The summed E-state index contributed by atoms with van der Waals surface area (Å²) in [6.07, 6.45) is 1.35. The van der Waals surface area contributed by atoms with Crippen molar-refractivity contribution in [3.63, 3.8) is 0 Å². The van der Waals surface area contributed by atoms with Crippen LogP contribution in [0.25, 0.3) is 0 Å². The van der Waals surface area contributed by atoms with Crippen LogP contribution in [0.5, 0.6) is 0 Å². The molecule has 4 atom stereocenters. The van der Waals surface area contributed by atoms with Gasteiger partial charge in [0.15, 0.2) is 0 Å². The van der Waals surface area contributed by atoms with Crippen LogP contribution in [0.3, 0.4) is 0 Å². The maximum absolute atomic E-state index is 3.38. The molecule has 3 aliphatic rings. The van der Waals surface area contributed by atoms with E-state index in [0.717, 1.165) is 6.04 Å². The van der Waals surface area contributed by atoms with Crippen LogP contribution in [-0.4, -0.2) is 61.7 Å². The average molecular weight is 183 g/mol. The van der Waals surface area contributed by atoms with Crippen LogP contribution in [0.15, 0.2) is 0 Å². The first-order valence-electron chi connectivity index (χ1n) is 5.45. The number of nitrogens with one attached hydrogen (secondary N) is 1. The Morgan fingerprint density at radius 3 is 2.85 bits per heavy atom. The number of likely N-dealkylation sites (N-methyl/N-ethyl adjacent to an activating group) is 1. The molecule has 0 amide bonds. The van der Waals surface area contributed by atoms with Crippen molar-refractivity contribution in [3.05, 3.63) is 0 Å². The molecule has 3 fully saturated rings. The number of hydrogen-bond donors (Lipinski definition) is 1. The quantitative estimate of drug-likeness (QED) is 0.649. The fourth-order valence-corrected chi connectivity index (χ4v) is 2.55. The molecule has 76 valence electrons. The fourth-order valence-electron chi connectivity index (χ4n) is 2.55. The molecule has 0 saturated carbocycles. The highest BCUT2D eigenvalue weighted by molar-refractivity contribution is 4.90. The van der Waals surface area contributed by atoms with Crippen LogP contribution in [0, 0.1) is 0 Å². The second-order valence-electron chi connectivity index (χ2n) is 4.33. The standard InChI is InChI=1S/C10H21N3/c1-9(11-2)10-8-12-4-3-5-13(10)7-6-12/h9-11H,3-8H2,1-2H3. The highest BCUT2D eigenvalue weighted by atomic mass is 15.3. The summed E-state index contributed by atoms with van der Waals surface area (Å²) in [6, 6.07) is 1.36. The van der Waals surface area contributed by atoms with E-state index < -0.39 is 0 Å². The molecule has 4 unspecified atom stereocenters. The fraction of sp³-hybridized carbons (Fsp3) is 1.00. The minimum atomic E-state index is 0.626. The summed E-state index contributed by atoms with van der Waals surface area (Å²) in [4.78, 5) is 5.27. The van der Waals surface area contributed by atoms with Gasteiger partial charge >= 0.3 is 0 Å². The first-order valence-corrected chi connectivity index (χ1v) is 5.45. The highest BCUT2D eigenvalue weighted by Crippen LogP contribution is 2.17. The summed E-state index contributed by atoms with van der Waals surface area (Å²) in [5.41, 5.74) is 0. The van der Waals surface area contributed by atoms with Gasteiger partial charge in [0.25, 0.3) is 0 Å². The van der Waals surface area contributed by atoms with Crippen molar-refractivity contribution in [1.29, 1.82) is 0 Å². The smallest absolute Gasteiger partial charge is 0.0374 e. The predicted molar refractivity (Wildman–Crippen MR) is 54.9 cm³/mol. The lowest BCUT2D eigenvalue weighted by Gasteiger charge is -2.40. The largest absolute Gasteiger partial charge is 0.316 e. The summed E-state index contributed by atoms with van der Waals surface area (Å²) in [5.74, 6) is 0. The Labute approximate surface area is 81.1 Å². The van der Waals surface area contributed by atoms with Gasteiger partial charge in [0, 0.05) is 31.7 Å². The minimum absolute atomic E-state index is 0.626. The molecule has 0 aromatic rings. The van der Waals surface area contributed by atoms with Crippen molar-refractivity contribution in [2.75, 3.05) is 39.8 Å². The van der Waals surface area contributed by atoms with E-state index in [1.165, 1.54) is 39.1 Å². The van der Waals surface area contributed by atoms with Gasteiger partial charge in [0.2, 0.25) is 0 Å². The second kappa shape index (κ2) is 3.95. The van der Waals surface area contributed by atoms with E-state index in [1.807, 2.05) is 0 Å². The van der Waals surface area contributed by atoms with Gasteiger partial charge in [-0.25, -0.2) is 0 Å². The molecule has 0 aromatic carbocycles. The van der Waals surface area contributed by atoms with E-state index in [9.17, 15) is 0 Å². The van der Waals surface area contributed by atoms with E-state index in [4.69, 9.17) is 0 Å². The third-order valence-corrected chi connectivity index (χ3v) is 3.57. The molecule has 3 aliphatic heterocycles. The molecule has 0 spiro atoms. The SMILES string of the molecule is CNC(C)C1CN2CCCN1CC2. The van der Waals surface area contributed by atoms with Crippen LogP contribution in [0.1, 0.15) is 13.3 Å². The number of fused-ring (bicyclic) bond motifs is 4. The Bertz CT molecular complexity index is 168. The molecule has 0 aliphatic carbocycles. The monoisotopic (exact) mass is 183 g/mol. The molecule has 0 aromatic heterocycles. The van der Waals surface area contributed by atoms with Crippen molar-refractivity contribution < 1.29 is 0 Å². The second-order valence-corrected chi connectivity index (χ2v) is 4.33. The summed E-state index contributed by atoms with van der Waals surface area (Å²) >= 11 is 0. The Morgan fingerprint density at radius 1 is 1.23 bits per heavy atom. The summed E-state index contributed by atoms with van der Waals surface area (Å²) in [6.45, 7) is 8.73. The van der Waals surface area contributed by atoms with Crippen LogP contribution in [0.2, 0.25) is 0 Å². The lowest BCUT2D eigenvalue weighted by molar-refractivity contribution is 0.0934. The zero-order valence-corrected chi connectivity index (χ0v) is 8.79. The van der Waals surface area contributed by atoms with E-state index in [2.05, 4.69) is 29.1 Å². The van der Waals surface area contributed by atoms with E-state index in [1.54, 1.807) is 0 Å². The summed E-state index contributed by atoms with van der Waals surface area (Å²) in [7, 11) is 2.07. The maximum atomic E-state index is 3.38. The van der Waals surface area contributed by atoms with Crippen molar-refractivity contribution in [2.24, 2.45) is 0 Å². The molecule has 0 radical (unpaired) electrons. The summed E-state index contributed by atoms with van der Waals surface area (Å²) in [5, 5.41) is 3.38. The molecule has 3 rings (SSSR count). The van der Waals surface area contributed by atoms with Gasteiger partial charge in [0.1, 0.15) is 0 Å². The van der Waals surface area contributed by atoms with Gasteiger partial charge in [-0.1, -0.05) is 0 Å². The van der Waals surface area contributed by atoms with Crippen molar-refractivity contribution >= 4 is 0 Å². The number of nitrogens with zero attached hydrogens (tertiary/aromatic N) is 2. The number of hydrogen-bond acceptors (Lipinski definition) is 3. The van der Waals surface area contributed by atoms with Gasteiger partial charge in [0.05, 0.1) is 0 Å². The zero-order valence-electron chi connectivity index (χ0n) is 8.79. The van der Waals surface area contributed by atoms with Gasteiger partial charge in [-0.3, -0.25) is 4.90 Å². The van der Waals surface area contributed by atoms with E-state index in [0.29, 0.717) is 6.04 Å². The predicted octanol–water partition coefficient (Wildman–Crippen LogP) is -0.0158. The number of piperazine rings is 1. The number of rotatable bonds is 2. The molecule has 3 saturated heterocycles. The van der Waals surface area contributed by atoms with Gasteiger partial charge in [-0.05, 0) is 33.5 Å². The Kier molecular flexibility index (Phi) is 2.86. The third-order valence-electron chi connectivity index (χ3n) is 3.57. The zero-order chi connectivity index (χ0) is 9.26. The van der Waals surface area contributed by atoms with E-state index in [-0.39, 0.29) is 0 Å². The lowest BCUT2D eigenvalue weighted by Crippen LogP contribution is -2.57. The molecule has 3 heterocycles. The van der Waals surface area contributed by atoms with Gasteiger partial charge < -0.3 is 10.2 Å². The molecular weight excluding hydrogens is 162 g/mol. The summed E-state index contributed by atoms with van der Waals surface area (Å²) < 4.78 is 0. The Hall–Kier alpha value is -0.120.